The number of rotatable bonds is 4. The van der Waals surface area contributed by atoms with E-state index in [0.29, 0.717) is 22.9 Å². The number of allylic oxidation sites excluding steroid dienone is 1. The van der Waals surface area contributed by atoms with Crippen LogP contribution in [0.25, 0.3) is 39.5 Å². The maximum Gasteiger partial charge on any atom is 0.224 e. The van der Waals surface area contributed by atoms with Gasteiger partial charge in [0.25, 0.3) is 0 Å². The lowest BCUT2D eigenvalue weighted by Crippen LogP contribution is -2.21. The third-order valence-corrected chi connectivity index (χ3v) is 6.92. The molecule has 1 aliphatic rings. The van der Waals surface area contributed by atoms with E-state index in [1.807, 2.05) is 77.5 Å². The van der Waals surface area contributed by atoms with Gasteiger partial charge in [-0.1, -0.05) is 30.3 Å². The molecule has 0 bridgehead atoms. The molecule has 4 aromatic heterocycles. The molecule has 0 aliphatic carbocycles. The Kier molecular flexibility index (Phi) is 5.06. The van der Waals surface area contributed by atoms with Gasteiger partial charge >= 0.3 is 0 Å². The summed E-state index contributed by atoms with van der Waals surface area (Å²) < 4.78 is 15.7. The number of aryl methyl sites for hydroxylation is 1. The Bertz CT molecular complexity index is 1890. The quantitative estimate of drug-likeness (QED) is 0.341. The van der Waals surface area contributed by atoms with Crippen LogP contribution >= 0.6 is 0 Å². The summed E-state index contributed by atoms with van der Waals surface area (Å²) in [5, 5.41) is 15.8. The van der Waals surface area contributed by atoms with Crippen LogP contribution in [0.2, 0.25) is 0 Å². The number of para-hydroxylation sites is 1. The van der Waals surface area contributed by atoms with E-state index in [4.69, 9.17) is 20.0 Å². The zero-order valence-electron chi connectivity index (χ0n) is 20.8. The number of hydrogen-bond acceptors (Lipinski definition) is 7. The minimum atomic E-state index is -0.495. The zero-order chi connectivity index (χ0) is 26.5. The number of hydrogen-bond donors (Lipinski definition) is 1. The van der Waals surface area contributed by atoms with Crippen LogP contribution in [0.3, 0.4) is 0 Å². The van der Waals surface area contributed by atoms with Crippen LogP contribution in [0.1, 0.15) is 17.0 Å². The largest absolute Gasteiger partial charge is 0.454 e. The minimum absolute atomic E-state index is 0.0618. The standard InChI is InChI=1S/C30H21N7O2/c1-36-30-26(27(35-36)24-15-19-5-2-3-7-23(19)38-24)25(22(16-31)28(32)39-30)18-8-10-21(11-9-18)37-14-13-34-29(37)20-6-4-12-33-17-20/h2-15,17,25H,32H2,1H3. The fraction of sp³-hybridized carbons (Fsp3) is 0.0667. The molecule has 5 heterocycles. The number of ether oxygens (including phenoxy) is 1. The molecule has 2 N–H and O–H groups in total. The van der Waals surface area contributed by atoms with Gasteiger partial charge in [-0.3, -0.25) is 9.55 Å². The summed E-state index contributed by atoms with van der Waals surface area (Å²) >= 11 is 0. The predicted molar refractivity (Wildman–Crippen MR) is 145 cm³/mol. The van der Waals surface area contributed by atoms with Crippen LogP contribution in [-0.2, 0) is 7.05 Å². The van der Waals surface area contributed by atoms with E-state index in [1.165, 1.54) is 0 Å². The van der Waals surface area contributed by atoms with Crippen LogP contribution in [0, 0.1) is 11.3 Å². The molecular weight excluding hydrogens is 490 g/mol. The van der Waals surface area contributed by atoms with Crippen molar-refractivity contribution < 1.29 is 9.15 Å². The van der Waals surface area contributed by atoms with Crippen molar-refractivity contribution in [2.45, 2.75) is 5.92 Å². The molecular formula is C30H21N7O2. The Balaban J connectivity index is 1.35. The molecule has 1 unspecified atom stereocenters. The lowest BCUT2D eigenvalue weighted by atomic mass is 9.83. The van der Waals surface area contributed by atoms with Crippen molar-refractivity contribution in [1.82, 2.24) is 24.3 Å². The third-order valence-electron chi connectivity index (χ3n) is 6.92. The van der Waals surface area contributed by atoms with Crippen molar-refractivity contribution >= 4 is 11.0 Å². The van der Waals surface area contributed by atoms with Crippen molar-refractivity contribution in [3.8, 4) is 40.5 Å². The molecule has 39 heavy (non-hydrogen) atoms. The number of pyridine rings is 1. The Morgan fingerprint density at radius 3 is 2.64 bits per heavy atom. The molecule has 1 aliphatic heterocycles. The molecule has 188 valence electrons. The van der Waals surface area contributed by atoms with E-state index in [-0.39, 0.29) is 5.88 Å². The summed E-state index contributed by atoms with van der Waals surface area (Å²) in [6.45, 7) is 0. The normalized spacial score (nSPS) is 14.7. The average molecular weight is 512 g/mol. The summed E-state index contributed by atoms with van der Waals surface area (Å²) in [6.07, 6.45) is 7.18. The second kappa shape index (κ2) is 8.75. The molecule has 0 saturated heterocycles. The Morgan fingerprint density at radius 1 is 1.03 bits per heavy atom. The highest BCUT2D eigenvalue weighted by molar-refractivity contribution is 5.83. The molecule has 0 saturated carbocycles. The van der Waals surface area contributed by atoms with Gasteiger partial charge in [-0.15, -0.1) is 0 Å². The van der Waals surface area contributed by atoms with Crippen molar-refractivity contribution in [3.05, 3.63) is 114 Å². The molecule has 0 fully saturated rings. The van der Waals surface area contributed by atoms with Crippen molar-refractivity contribution in [1.29, 1.82) is 5.26 Å². The van der Waals surface area contributed by atoms with Crippen molar-refractivity contribution in [2.24, 2.45) is 12.8 Å². The van der Waals surface area contributed by atoms with Gasteiger partial charge in [0.2, 0.25) is 11.8 Å². The highest BCUT2D eigenvalue weighted by atomic mass is 16.5. The van der Waals surface area contributed by atoms with E-state index in [1.54, 1.807) is 30.3 Å². The van der Waals surface area contributed by atoms with Crippen LogP contribution in [0.4, 0.5) is 0 Å². The second-order valence-electron chi connectivity index (χ2n) is 9.22. The molecule has 9 heteroatoms. The molecule has 0 radical (unpaired) electrons. The van der Waals surface area contributed by atoms with Gasteiger partial charge in [0.1, 0.15) is 28.7 Å². The molecule has 7 rings (SSSR count). The first-order chi connectivity index (χ1) is 19.1. The van der Waals surface area contributed by atoms with Crippen molar-refractivity contribution in [2.75, 3.05) is 0 Å². The number of furan rings is 1. The smallest absolute Gasteiger partial charge is 0.224 e. The highest BCUT2D eigenvalue weighted by Crippen LogP contribution is 2.47. The Morgan fingerprint density at radius 2 is 1.87 bits per heavy atom. The first-order valence-corrected chi connectivity index (χ1v) is 12.3. The Hall–Kier alpha value is -5.62. The molecule has 0 amide bonds. The van der Waals surface area contributed by atoms with E-state index in [2.05, 4.69) is 16.0 Å². The van der Waals surface area contributed by atoms with Gasteiger partial charge in [0.05, 0.1) is 11.5 Å². The average Bonchev–Trinajstić information content (AvgIpc) is 3.70. The summed E-state index contributed by atoms with van der Waals surface area (Å²) in [4.78, 5) is 8.74. The minimum Gasteiger partial charge on any atom is -0.454 e. The monoisotopic (exact) mass is 511 g/mol. The zero-order valence-corrected chi connectivity index (χ0v) is 20.8. The van der Waals surface area contributed by atoms with Gasteiger partial charge in [-0.05, 0) is 42.0 Å². The fourth-order valence-electron chi connectivity index (χ4n) is 5.13. The fourth-order valence-corrected chi connectivity index (χ4v) is 5.13. The summed E-state index contributed by atoms with van der Waals surface area (Å²) in [6, 6.07) is 23.8. The number of imidazole rings is 1. The number of nitriles is 1. The molecule has 0 spiro atoms. The summed E-state index contributed by atoms with van der Waals surface area (Å²) in [5.41, 5.74) is 11.4. The van der Waals surface area contributed by atoms with Gasteiger partial charge in [0.15, 0.2) is 5.76 Å². The van der Waals surface area contributed by atoms with Crippen LogP contribution in [0.5, 0.6) is 5.88 Å². The number of nitrogens with zero attached hydrogens (tertiary/aromatic N) is 6. The third kappa shape index (κ3) is 3.58. The molecule has 2 aromatic carbocycles. The first kappa shape index (κ1) is 22.6. The van der Waals surface area contributed by atoms with Crippen molar-refractivity contribution in [3.63, 3.8) is 0 Å². The van der Waals surface area contributed by atoms with Gasteiger partial charge in [-0.2, -0.15) is 10.4 Å². The molecule has 1 atom stereocenters. The molecule has 9 nitrogen and oxygen atoms in total. The predicted octanol–water partition coefficient (Wildman–Crippen LogP) is 5.30. The van der Waals surface area contributed by atoms with E-state index >= 15 is 0 Å². The lowest BCUT2D eigenvalue weighted by molar-refractivity contribution is 0.358. The summed E-state index contributed by atoms with van der Waals surface area (Å²) in [5.74, 6) is 1.42. The number of aromatic nitrogens is 5. The maximum atomic E-state index is 10.1. The van der Waals surface area contributed by atoms with Crippen LogP contribution in [-0.4, -0.2) is 24.3 Å². The van der Waals surface area contributed by atoms with Crippen LogP contribution in [0.15, 0.2) is 107 Å². The van der Waals surface area contributed by atoms with Crippen LogP contribution < -0.4 is 10.5 Å². The number of fused-ring (bicyclic) bond motifs is 2. The van der Waals surface area contributed by atoms with Gasteiger partial charge < -0.3 is 14.9 Å². The van der Waals surface area contributed by atoms with E-state index < -0.39 is 5.92 Å². The number of benzene rings is 2. The second-order valence-corrected chi connectivity index (χ2v) is 9.22. The first-order valence-electron chi connectivity index (χ1n) is 12.3. The Labute approximate surface area is 223 Å². The highest BCUT2D eigenvalue weighted by Gasteiger charge is 2.37. The SMILES string of the molecule is Cn1nc(-c2cc3ccccc3o2)c2c1OC(N)=C(C#N)C2c1ccc(-n2ccnc2-c2cccnc2)cc1. The van der Waals surface area contributed by atoms with E-state index in [9.17, 15) is 5.26 Å². The summed E-state index contributed by atoms with van der Waals surface area (Å²) in [7, 11) is 1.79. The lowest BCUT2D eigenvalue weighted by Gasteiger charge is -2.24. The van der Waals surface area contributed by atoms with E-state index in [0.717, 1.165) is 39.2 Å². The molecule has 6 aromatic rings. The number of nitrogens with two attached hydrogens (primary N) is 1. The van der Waals surface area contributed by atoms with Gasteiger partial charge in [-0.25, -0.2) is 9.67 Å². The maximum absolute atomic E-state index is 10.1. The topological polar surface area (TPSA) is 121 Å². The van der Waals surface area contributed by atoms with Gasteiger partial charge in [0, 0.05) is 48.5 Å².